The van der Waals surface area contributed by atoms with Crippen molar-refractivity contribution in [3.8, 4) is 0 Å². The fraction of sp³-hybridized carbons (Fsp3) is 0.895. The number of carboxylic acids is 1. The number of thiol groups is 1. The van der Waals surface area contributed by atoms with Gasteiger partial charge in [-0.1, -0.05) is 40.5 Å². The van der Waals surface area contributed by atoms with E-state index in [2.05, 4.69) is 42.4 Å². The number of aliphatic hydroxyl groups is 1. The van der Waals surface area contributed by atoms with Crippen LogP contribution in [0.2, 0.25) is 0 Å². The molecule has 0 rings (SSSR count). The third kappa shape index (κ3) is 10.1. The van der Waals surface area contributed by atoms with Crippen molar-refractivity contribution >= 4 is 24.5 Å². The first-order chi connectivity index (χ1) is 13.2. The van der Waals surface area contributed by atoms with Crippen molar-refractivity contribution in [2.75, 3.05) is 25.4 Å². The summed E-state index contributed by atoms with van der Waals surface area (Å²) in [5.41, 5.74) is 5.95. The summed E-state index contributed by atoms with van der Waals surface area (Å²) in [6.45, 7) is 9.11. The van der Waals surface area contributed by atoms with Crippen molar-refractivity contribution in [2.45, 2.75) is 71.1 Å². The Labute approximate surface area is 174 Å². The van der Waals surface area contributed by atoms with Gasteiger partial charge in [0.1, 0.15) is 6.04 Å². The second-order valence-corrected chi connectivity index (χ2v) is 7.89. The number of carboxylic acid groups (broad SMARTS) is 1. The predicted octanol–water partition coefficient (Wildman–Crippen LogP) is 0.204. The topological polar surface area (TPSA) is 137 Å². The summed E-state index contributed by atoms with van der Waals surface area (Å²) in [5, 5.41) is 27.6. The lowest BCUT2D eigenvalue weighted by Gasteiger charge is -2.30. The van der Waals surface area contributed by atoms with Crippen LogP contribution in [0.1, 0.15) is 47.0 Å². The summed E-state index contributed by atoms with van der Waals surface area (Å²) in [4.78, 5) is 24.0. The van der Waals surface area contributed by atoms with Gasteiger partial charge in [0.2, 0.25) is 5.91 Å². The van der Waals surface area contributed by atoms with E-state index >= 15 is 0 Å². The molecule has 0 aliphatic heterocycles. The van der Waals surface area contributed by atoms with Gasteiger partial charge in [0.15, 0.2) is 0 Å². The Morgan fingerprint density at radius 1 is 1.07 bits per heavy atom. The molecule has 0 aromatic heterocycles. The van der Waals surface area contributed by atoms with E-state index in [1.54, 1.807) is 0 Å². The Kier molecular flexibility index (Phi) is 14.6. The number of hydrogen-bond donors (Lipinski definition) is 7. The minimum Gasteiger partial charge on any atom is -0.480 e. The first-order valence-electron chi connectivity index (χ1n) is 10.2. The van der Waals surface area contributed by atoms with Crippen LogP contribution in [0.3, 0.4) is 0 Å². The molecule has 1 amide bonds. The average molecular weight is 421 g/mol. The van der Waals surface area contributed by atoms with E-state index in [1.807, 2.05) is 13.8 Å². The Morgan fingerprint density at radius 3 is 2.14 bits per heavy atom. The SMILES string of the molecule is CC[C@H](C)[C@H](CN[C@H](C(=O)N[C@@H](CCO)C(=O)O)[C@@H](C)CC)NC[C@H](N)CS. The van der Waals surface area contributed by atoms with Gasteiger partial charge in [-0.15, -0.1) is 0 Å². The van der Waals surface area contributed by atoms with Gasteiger partial charge in [-0.3, -0.25) is 4.79 Å². The molecule has 0 saturated carbocycles. The van der Waals surface area contributed by atoms with Crippen LogP contribution >= 0.6 is 12.6 Å². The molecule has 7 N–H and O–H groups in total. The normalized spacial score (nSPS) is 18.0. The van der Waals surface area contributed by atoms with E-state index < -0.39 is 18.1 Å². The van der Waals surface area contributed by atoms with Gasteiger partial charge in [-0.05, 0) is 11.8 Å². The number of rotatable bonds is 16. The number of carbonyl (C=O) groups is 2. The Balaban J connectivity index is 5.07. The van der Waals surface area contributed by atoms with E-state index in [-0.39, 0.29) is 36.9 Å². The molecule has 0 saturated heterocycles. The lowest BCUT2D eigenvalue weighted by atomic mass is 9.95. The Bertz CT molecular complexity index is 456. The zero-order chi connectivity index (χ0) is 21.7. The third-order valence-electron chi connectivity index (χ3n) is 5.29. The summed E-state index contributed by atoms with van der Waals surface area (Å²) in [7, 11) is 0. The lowest BCUT2D eigenvalue weighted by Crippen LogP contribution is -2.56. The minimum absolute atomic E-state index is 0.0209. The van der Waals surface area contributed by atoms with E-state index in [0.29, 0.717) is 24.8 Å². The van der Waals surface area contributed by atoms with Crippen molar-refractivity contribution in [3.05, 3.63) is 0 Å². The summed E-state index contributed by atoms with van der Waals surface area (Å²) < 4.78 is 0. The second-order valence-electron chi connectivity index (χ2n) is 7.53. The van der Waals surface area contributed by atoms with Crippen molar-refractivity contribution in [1.29, 1.82) is 0 Å². The lowest BCUT2D eigenvalue weighted by molar-refractivity contribution is -0.142. The molecule has 166 valence electrons. The van der Waals surface area contributed by atoms with Gasteiger partial charge < -0.3 is 31.9 Å². The first kappa shape index (κ1) is 27.1. The molecule has 28 heavy (non-hydrogen) atoms. The molecule has 0 spiro atoms. The Hall–Kier alpha value is -0.870. The van der Waals surface area contributed by atoms with E-state index in [9.17, 15) is 14.7 Å². The van der Waals surface area contributed by atoms with Crippen molar-refractivity contribution in [1.82, 2.24) is 16.0 Å². The third-order valence-corrected chi connectivity index (χ3v) is 5.76. The molecule has 0 aliphatic carbocycles. The molecule has 0 radical (unpaired) electrons. The van der Waals surface area contributed by atoms with Crippen LogP contribution in [0, 0.1) is 11.8 Å². The molecule has 0 aromatic rings. The maximum atomic E-state index is 12.7. The largest absolute Gasteiger partial charge is 0.480 e. The molecule has 0 aromatic carbocycles. The number of aliphatic carboxylic acids is 1. The number of nitrogens with two attached hydrogens (primary N) is 1. The monoisotopic (exact) mass is 420 g/mol. The van der Waals surface area contributed by atoms with Gasteiger partial charge in [0, 0.05) is 44.0 Å². The van der Waals surface area contributed by atoms with Crippen LogP contribution < -0.4 is 21.7 Å². The quantitative estimate of drug-likeness (QED) is 0.177. The fourth-order valence-electron chi connectivity index (χ4n) is 2.82. The number of hydrogen-bond acceptors (Lipinski definition) is 7. The predicted molar refractivity (Wildman–Crippen MR) is 116 cm³/mol. The van der Waals surface area contributed by atoms with E-state index in [1.165, 1.54) is 0 Å². The van der Waals surface area contributed by atoms with Gasteiger partial charge in [0.25, 0.3) is 0 Å². The molecule has 0 aliphatic rings. The minimum atomic E-state index is -1.15. The summed E-state index contributed by atoms with van der Waals surface area (Å²) in [6.07, 6.45) is 1.73. The van der Waals surface area contributed by atoms with Gasteiger partial charge >= 0.3 is 5.97 Å². The molecular formula is C19H40N4O4S. The maximum Gasteiger partial charge on any atom is 0.326 e. The second kappa shape index (κ2) is 15.0. The number of aliphatic hydroxyl groups excluding tert-OH is 1. The van der Waals surface area contributed by atoms with Crippen molar-refractivity contribution in [3.63, 3.8) is 0 Å². The zero-order valence-corrected chi connectivity index (χ0v) is 18.5. The van der Waals surface area contributed by atoms with Crippen LogP contribution in [-0.2, 0) is 9.59 Å². The summed E-state index contributed by atoms with van der Waals surface area (Å²) in [6, 6.07) is -1.53. The molecule has 9 heteroatoms. The fourth-order valence-corrected chi connectivity index (χ4v) is 2.95. The Morgan fingerprint density at radius 2 is 1.68 bits per heavy atom. The van der Waals surface area contributed by atoms with Crippen LogP contribution in [0.4, 0.5) is 0 Å². The highest BCUT2D eigenvalue weighted by atomic mass is 32.1. The highest BCUT2D eigenvalue weighted by Gasteiger charge is 2.29. The van der Waals surface area contributed by atoms with Crippen LogP contribution in [-0.4, -0.2) is 71.7 Å². The van der Waals surface area contributed by atoms with E-state index in [0.717, 1.165) is 12.8 Å². The van der Waals surface area contributed by atoms with Crippen molar-refractivity contribution < 1.29 is 19.8 Å². The molecule has 0 fully saturated rings. The smallest absolute Gasteiger partial charge is 0.326 e. The zero-order valence-electron chi connectivity index (χ0n) is 17.6. The molecule has 8 nitrogen and oxygen atoms in total. The highest BCUT2D eigenvalue weighted by Crippen LogP contribution is 2.12. The number of nitrogens with one attached hydrogen (secondary N) is 3. The molecule has 0 bridgehead atoms. The molecule has 0 heterocycles. The van der Waals surface area contributed by atoms with Gasteiger partial charge in [-0.2, -0.15) is 12.6 Å². The summed E-state index contributed by atoms with van der Waals surface area (Å²) in [5.74, 6) is -0.509. The van der Waals surface area contributed by atoms with Crippen LogP contribution in [0.15, 0.2) is 0 Å². The molecular weight excluding hydrogens is 380 g/mol. The molecule has 0 unspecified atom stereocenters. The summed E-state index contributed by atoms with van der Waals surface area (Å²) >= 11 is 4.21. The highest BCUT2D eigenvalue weighted by molar-refractivity contribution is 7.80. The van der Waals surface area contributed by atoms with Crippen LogP contribution in [0.25, 0.3) is 0 Å². The number of carbonyl (C=O) groups excluding carboxylic acids is 1. The average Bonchev–Trinajstić information content (AvgIpc) is 2.68. The number of amides is 1. The maximum absolute atomic E-state index is 12.7. The standard InChI is InChI=1S/C19H40N4O4S/c1-5-12(3)16(21-9-14(20)11-28)10-22-17(13(4)6-2)18(25)23-15(7-8-24)19(26)27/h12-17,21-22,24,28H,5-11,20H2,1-4H3,(H,23,25)(H,26,27)/t12-,13-,14-,15-,16-,17-/m0/s1. The van der Waals surface area contributed by atoms with Gasteiger partial charge in [-0.25, -0.2) is 4.79 Å². The first-order valence-corrected chi connectivity index (χ1v) is 10.8. The van der Waals surface area contributed by atoms with Crippen molar-refractivity contribution in [2.24, 2.45) is 17.6 Å². The van der Waals surface area contributed by atoms with Crippen LogP contribution in [0.5, 0.6) is 0 Å². The molecule has 6 atom stereocenters. The van der Waals surface area contributed by atoms with E-state index in [4.69, 9.17) is 10.8 Å². The van der Waals surface area contributed by atoms with Gasteiger partial charge in [0.05, 0.1) is 6.04 Å².